The van der Waals surface area contributed by atoms with Gasteiger partial charge in [0.2, 0.25) is 6.79 Å². The predicted octanol–water partition coefficient (Wildman–Crippen LogP) is 1.59. The first-order valence-corrected chi connectivity index (χ1v) is 5.73. The summed E-state index contributed by atoms with van der Waals surface area (Å²) in [7, 11) is 1.87. The topological polar surface area (TPSA) is 56.3 Å². The van der Waals surface area contributed by atoms with E-state index in [1.54, 1.807) is 6.20 Å². The molecule has 0 saturated heterocycles. The Morgan fingerprint density at radius 3 is 3.00 bits per heavy atom. The van der Waals surface area contributed by atoms with E-state index in [0.29, 0.717) is 6.54 Å². The second kappa shape index (κ2) is 4.62. The van der Waals surface area contributed by atoms with Crippen LogP contribution in [-0.4, -0.2) is 23.8 Å². The van der Waals surface area contributed by atoms with Gasteiger partial charge in [-0.15, -0.1) is 0 Å². The molecule has 1 aliphatic heterocycles. The maximum absolute atomic E-state index is 5.36. The highest BCUT2D eigenvalue weighted by Crippen LogP contribution is 2.35. The van der Waals surface area contributed by atoms with Crippen LogP contribution >= 0.6 is 0 Å². The summed E-state index contributed by atoms with van der Waals surface area (Å²) in [5.74, 6) is 2.32. The largest absolute Gasteiger partial charge is 0.454 e. The first-order chi connectivity index (χ1) is 8.86. The highest BCUT2D eigenvalue weighted by Gasteiger charge is 2.14. The molecular weight excluding hydrogens is 230 g/mol. The standard InChI is InChI=1S/C13H13N3O2/c1-14-7-13-15-5-4-10(16-13)9-2-3-11-12(6-9)18-8-17-11/h2-6,14H,7-8H2,1H3. The normalized spacial score (nSPS) is 12.7. The summed E-state index contributed by atoms with van der Waals surface area (Å²) >= 11 is 0. The lowest BCUT2D eigenvalue weighted by molar-refractivity contribution is 0.174. The second-order valence-corrected chi connectivity index (χ2v) is 3.96. The van der Waals surface area contributed by atoms with Gasteiger partial charge in [-0.05, 0) is 31.3 Å². The van der Waals surface area contributed by atoms with Gasteiger partial charge in [-0.2, -0.15) is 0 Å². The van der Waals surface area contributed by atoms with Crippen LogP contribution in [-0.2, 0) is 6.54 Å². The van der Waals surface area contributed by atoms with Gasteiger partial charge in [-0.1, -0.05) is 0 Å². The Balaban J connectivity index is 1.96. The fourth-order valence-electron chi connectivity index (χ4n) is 1.86. The van der Waals surface area contributed by atoms with Gasteiger partial charge in [-0.3, -0.25) is 0 Å². The van der Waals surface area contributed by atoms with Crippen LogP contribution in [0.15, 0.2) is 30.5 Å². The smallest absolute Gasteiger partial charge is 0.231 e. The number of benzene rings is 1. The molecule has 1 aliphatic rings. The number of hydrogen-bond donors (Lipinski definition) is 1. The third kappa shape index (κ3) is 2.00. The van der Waals surface area contributed by atoms with E-state index >= 15 is 0 Å². The maximum Gasteiger partial charge on any atom is 0.231 e. The zero-order valence-electron chi connectivity index (χ0n) is 10.0. The lowest BCUT2D eigenvalue weighted by Gasteiger charge is -2.04. The van der Waals surface area contributed by atoms with Gasteiger partial charge in [0, 0.05) is 11.8 Å². The number of fused-ring (bicyclic) bond motifs is 1. The Hall–Kier alpha value is -2.14. The molecule has 92 valence electrons. The van der Waals surface area contributed by atoms with Crippen molar-refractivity contribution in [1.29, 1.82) is 0 Å². The molecule has 0 saturated carbocycles. The molecule has 0 fully saturated rings. The maximum atomic E-state index is 5.36. The van der Waals surface area contributed by atoms with E-state index in [2.05, 4.69) is 15.3 Å². The second-order valence-electron chi connectivity index (χ2n) is 3.96. The summed E-state index contributed by atoms with van der Waals surface area (Å²) in [4.78, 5) is 8.69. The lowest BCUT2D eigenvalue weighted by atomic mass is 10.1. The molecule has 0 bridgehead atoms. The predicted molar refractivity (Wildman–Crippen MR) is 66.4 cm³/mol. The van der Waals surface area contributed by atoms with Gasteiger partial charge >= 0.3 is 0 Å². The molecule has 5 heteroatoms. The molecule has 0 aliphatic carbocycles. The molecule has 0 unspecified atom stereocenters. The molecule has 1 aromatic carbocycles. The summed E-state index contributed by atoms with van der Waals surface area (Å²) < 4.78 is 10.6. The summed E-state index contributed by atoms with van der Waals surface area (Å²) in [6.45, 7) is 0.936. The highest BCUT2D eigenvalue weighted by atomic mass is 16.7. The van der Waals surface area contributed by atoms with Crippen molar-refractivity contribution in [3.05, 3.63) is 36.3 Å². The lowest BCUT2D eigenvalue weighted by Crippen LogP contribution is -2.09. The average Bonchev–Trinajstić information content (AvgIpc) is 2.86. The summed E-state index contributed by atoms with van der Waals surface area (Å²) in [6, 6.07) is 7.70. The third-order valence-corrected chi connectivity index (χ3v) is 2.71. The summed E-state index contributed by atoms with van der Waals surface area (Å²) in [5.41, 5.74) is 1.88. The molecule has 0 atom stereocenters. The molecule has 5 nitrogen and oxygen atoms in total. The number of nitrogens with one attached hydrogen (secondary N) is 1. The Morgan fingerprint density at radius 1 is 1.22 bits per heavy atom. The number of hydrogen-bond acceptors (Lipinski definition) is 5. The summed E-state index contributed by atoms with van der Waals surface area (Å²) in [5, 5.41) is 3.03. The number of ether oxygens (including phenoxy) is 2. The van der Waals surface area contributed by atoms with Crippen LogP contribution in [0.5, 0.6) is 11.5 Å². The molecule has 0 amide bonds. The SMILES string of the molecule is CNCc1nccc(-c2ccc3c(c2)OCO3)n1. The molecule has 3 rings (SSSR count). The van der Waals surface area contributed by atoms with Crippen molar-refractivity contribution < 1.29 is 9.47 Å². The van der Waals surface area contributed by atoms with E-state index in [4.69, 9.17) is 9.47 Å². The van der Waals surface area contributed by atoms with E-state index in [0.717, 1.165) is 28.6 Å². The molecule has 1 N–H and O–H groups in total. The Kier molecular flexibility index (Phi) is 2.82. The minimum Gasteiger partial charge on any atom is -0.454 e. The number of nitrogens with zero attached hydrogens (tertiary/aromatic N) is 2. The number of rotatable bonds is 3. The molecule has 0 spiro atoms. The van der Waals surface area contributed by atoms with Gasteiger partial charge in [0.15, 0.2) is 11.5 Å². The average molecular weight is 243 g/mol. The van der Waals surface area contributed by atoms with Gasteiger partial charge < -0.3 is 14.8 Å². The fourth-order valence-corrected chi connectivity index (χ4v) is 1.86. The van der Waals surface area contributed by atoms with Crippen molar-refractivity contribution >= 4 is 0 Å². The van der Waals surface area contributed by atoms with Gasteiger partial charge in [0.25, 0.3) is 0 Å². The van der Waals surface area contributed by atoms with Crippen molar-refractivity contribution in [2.45, 2.75) is 6.54 Å². The van der Waals surface area contributed by atoms with E-state index in [9.17, 15) is 0 Å². The van der Waals surface area contributed by atoms with Gasteiger partial charge in [0.1, 0.15) is 5.82 Å². The minimum atomic E-state index is 0.285. The zero-order valence-corrected chi connectivity index (χ0v) is 10.0. The zero-order chi connectivity index (χ0) is 12.4. The van der Waals surface area contributed by atoms with Crippen LogP contribution < -0.4 is 14.8 Å². The van der Waals surface area contributed by atoms with Crippen molar-refractivity contribution in [3.63, 3.8) is 0 Å². The van der Waals surface area contributed by atoms with Crippen LogP contribution in [0, 0.1) is 0 Å². The molecule has 2 heterocycles. The minimum absolute atomic E-state index is 0.285. The van der Waals surface area contributed by atoms with E-state index < -0.39 is 0 Å². The van der Waals surface area contributed by atoms with Crippen LogP contribution in [0.25, 0.3) is 11.3 Å². The Bertz CT molecular complexity index is 572. The summed E-state index contributed by atoms with van der Waals surface area (Å²) in [6.07, 6.45) is 1.76. The first-order valence-electron chi connectivity index (χ1n) is 5.73. The van der Waals surface area contributed by atoms with E-state index in [1.807, 2.05) is 31.3 Å². The van der Waals surface area contributed by atoms with Crippen molar-refractivity contribution in [3.8, 4) is 22.8 Å². The van der Waals surface area contributed by atoms with Gasteiger partial charge in [-0.25, -0.2) is 9.97 Å². The number of aromatic nitrogens is 2. The van der Waals surface area contributed by atoms with Crippen LogP contribution in [0.2, 0.25) is 0 Å². The van der Waals surface area contributed by atoms with Crippen LogP contribution in [0.4, 0.5) is 0 Å². The Labute approximate surface area is 105 Å². The monoisotopic (exact) mass is 243 g/mol. The third-order valence-electron chi connectivity index (χ3n) is 2.71. The van der Waals surface area contributed by atoms with E-state index in [1.165, 1.54) is 0 Å². The molecular formula is C13H13N3O2. The van der Waals surface area contributed by atoms with Crippen molar-refractivity contribution in [2.24, 2.45) is 0 Å². The van der Waals surface area contributed by atoms with Crippen molar-refractivity contribution in [2.75, 3.05) is 13.8 Å². The van der Waals surface area contributed by atoms with Crippen molar-refractivity contribution in [1.82, 2.24) is 15.3 Å². The first kappa shape index (κ1) is 11.0. The Morgan fingerprint density at radius 2 is 2.11 bits per heavy atom. The quantitative estimate of drug-likeness (QED) is 0.887. The van der Waals surface area contributed by atoms with E-state index in [-0.39, 0.29) is 6.79 Å². The molecule has 2 aromatic rings. The fraction of sp³-hybridized carbons (Fsp3) is 0.231. The molecule has 18 heavy (non-hydrogen) atoms. The van der Waals surface area contributed by atoms with Gasteiger partial charge in [0.05, 0.1) is 12.2 Å². The molecule has 1 aromatic heterocycles. The molecule has 0 radical (unpaired) electrons. The van der Waals surface area contributed by atoms with Crippen LogP contribution in [0.3, 0.4) is 0 Å². The highest BCUT2D eigenvalue weighted by molar-refractivity contribution is 5.64. The van der Waals surface area contributed by atoms with Crippen LogP contribution in [0.1, 0.15) is 5.82 Å².